The Balaban J connectivity index is 1.73. The Morgan fingerprint density at radius 1 is 0.804 bits per heavy atom. The van der Waals surface area contributed by atoms with E-state index in [9.17, 15) is 19.1 Å². The van der Waals surface area contributed by atoms with E-state index in [2.05, 4.69) is 24.1 Å². The van der Waals surface area contributed by atoms with Gasteiger partial charge < -0.3 is 24.6 Å². The van der Waals surface area contributed by atoms with Crippen LogP contribution >= 0.6 is 7.60 Å². The van der Waals surface area contributed by atoms with E-state index in [4.69, 9.17) is 9.47 Å². The SMILES string of the molecule is CCCCCCCCCCCCCCCC(=O)N[C@@H](C=CP(=O)(O)O)Cc1ccc(OCc2cc(OCCCCC)ccn2)cc1. The molecule has 9 heteroatoms. The fraction of sp³-hybridized carbons (Fsp3) is 0.622. The summed E-state index contributed by atoms with van der Waals surface area (Å²) >= 11 is 0. The van der Waals surface area contributed by atoms with Gasteiger partial charge in [-0.1, -0.05) is 122 Å². The van der Waals surface area contributed by atoms with E-state index < -0.39 is 13.6 Å². The number of carbonyl (C=O) groups is 1. The zero-order valence-electron chi connectivity index (χ0n) is 28.3. The van der Waals surface area contributed by atoms with Gasteiger partial charge in [0.15, 0.2) is 0 Å². The third-order valence-electron chi connectivity index (χ3n) is 7.94. The van der Waals surface area contributed by atoms with E-state index in [1.807, 2.05) is 36.4 Å². The number of nitrogens with zero attached hydrogens (tertiary/aromatic N) is 1. The van der Waals surface area contributed by atoms with Gasteiger partial charge in [0.05, 0.1) is 18.3 Å². The highest BCUT2D eigenvalue weighted by Crippen LogP contribution is 2.36. The Bertz CT molecular complexity index is 1150. The molecule has 0 aliphatic heterocycles. The summed E-state index contributed by atoms with van der Waals surface area (Å²) in [6.45, 7) is 5.40. The van der Waals surface area contributed by atoms with Gasteiger partial charge in [0.2, 0.25) is 5.91 Å². The summed E-state index contributed by atoms with van der Waals surface area (Å²) in [7, 11) is -4.35. The minimum absolute atomic E-state index is 0.104. The van der Waals surface area contributed by atoms with Gasteiger partial charge >= 0.3 is 7.60 Å². The third kappa shape index (κ3) is 20.5. The number of pyridine rings is 1. The normalized spacial score (nSPS) is 12.3. The number of rotatable bonds is 27. The number of ether oxygens (including phenoxy) is 2. The summed E-state index contributed by atoms with van der Waals surface area (Å²) in [4.78, 5) is 35.8. The number of carbonyl (C=O) groups excluding carboxylic acids is 1. The summed E-state index contributed by atoms with van der Waals surface area (Å²) in [5, 5.41) is 2.95. The topological polar surface area (TPSA) is 118 Å². The fourth-order valence-electron chi connectivity index (χ4n) is 5.27. The molecule has 0 radical (unpaired) electrons. The van der Waals surface area contributed by atoms with E-state index in [0.717, 1.165) is 61.3 Å². The number of aromatic nitrogens is 1. The fourth-order valence-corrected chi connectivity index (χ4v) is 5.70. The van der Waals surface area contributed by atoms with Crippen LogP contribution in [0.5, 0.6) is 11.5 Å². The first-order chi connectivity index (χ1) is 22.3. The largest absolute Gasteiger partial charge is 0.493 e. The first kappa shape index (κ1) is 39.5. The molecule has 2 rings (SSSR count). The number of unbranched alkanes of at least 4 members (excludes halogenated alkanes) is 14. The molecule has 2 aromatic rings. The van der Waals surface area contributed by atoms with Crippen LogP contribution in [0.4, 0.5) is 0 Å². The molecule has 46 heavy (non-hydrogen) atoms. The maximum atomic E-state index is 12.7. The summed E-state index contributed by atoms with van der Waals surface area (Å²) in [5.74, 6) is 2.22. The van der Waals surface area contributed by atoms with E-state index in [0.29, 0.717) is 31.8 Å². The molecule has 0 spiro atoms. The minimum Gasteiger partial charge on any atom is -0.493 e. The molecule has 0 aliphatic rings. The van der Waals surface area contributed by atoms with E-state index in [1.165, 1.54) is 70.3 Å². The number of benzene rings is 1. The molecule has 1 aromatic heterocycles. The molecule has 1 amide bonds. The number of hydrogen-bond donors (Lipinski definition) is 3. The van der Waals surface area contributed by atoms with Crippen LogP contribution in [-0.4, -0.2) is 33.3 Å². The summed E-state index contributed by atoms with van der Waals surface area (Å²) in [6, 6.07) is 10.7. The Labute approximate surface area is 277 Å². The van der Waals surface area contributed by atoms with Gasteiger partial charge in [0.1, 0.15) is 18.1 Å². The van der Waals surface area contributed by atoms with Gasteiger partial charge in [-0.25, -0.2) is 0 Å². The molecule has 0 bridgehead atoms. The Morgan fingerprint density at radius 3 is 2.00 bits per heavy atom. The molecule has 0 saturated carbocycles. The van der Waals surface area contributed by atoms with Crippen LogP contribution in [-0.2, 0) is 22.4 Å². The van der Waals surface area contributed by atoms with Crippen molar-refractivity contribution in [2.24, 2.45) is 0 Å². The number of amides is 1. The van der Waals surface area contributed by atoms with Crippen molar-refractivity contribution in [1.29, 1.82) is 0 Å². The zero-order valence-corrected chi connectivity index (χ0v) is 29.2. The lowest BCUT2D eigenvalue weighted by Gasteiger charge is -2.16. The van der Waals surface area contributed by atoms with Gasteiger partial charge in [-0.15, -0.1) is 0 Å². The number of hydrogen-bond acceptors (Lipinski definition) is 5. The molecular formula is C37H59N2O6P. The third-order valence-corrected chi connectivity index (χ3v) is 8.50. The summed E-state index contributed by atoms with van der Waals surface area (Å²) in [5.41, 5.74) is 1.68. The lowest BCUT2D eigenvalue weighted by atomic mass is 10.0. The van der Waals surface area contributed by atoms with Crippen LogP contribution in [0.2, 0.25) is 0 Å². The highest BCUT2D eigenvalue weighted by molar-refractivity contribution is 7.55. The highest BCUT2D eigenvalue weighted by Gasteiger charge is 2.14. The Morgan fingerprint density at radius 2 is 1.39 bits per heavy atom. The van der Waals surface area contributed by atoms with Crippen LogP contribution in [0.15, 0.2) is 54.5 Å². The second-order valence-electron chi connectivity index (χ2n) is 12.3. The predicted octanol–water partition coefficient (Wildman–Crippen LogP) is 9.43. The molecule has 1 aromatic carbocycles. The standard InChI is InChI=1S/C37H59N2O6P/c1-3-5-7-8-9-10-11-12-13-14-15-16-17-19-37(40)39-33(25-28-46(41,42)43)29-32-20-22-35(23-21-32)45-31-34-30-36(24-26-38-34)44-27-18-6-4-2/h20-26,28,30,33H,3-19,27,29,31H2,1-2H3,(H,39,40)(H2,41,42,43)/t33-/m0/s1. The molecule has 0 fully saturated rings. The average molecular weight is 659 g/mol. The van der Waals surface area contributed by atoms with Crippen LogP contribution in [0, 0.1) is 0 Å². The molecule has 0 unspecified atom stereocenters. The van der Waals surface area contributed by atoms with Crippen molar-refractivity contribution in [3.8, 4) is 11.5 Å². The lowest BCUT2D eigenvalue weighted by Crippen LogP contribution is -2.34. The summed E-state index contributed by atoms with van der Waals surface area (Å²) in [6.07, 6.45) is 23.4. The number of nitrogens with one attached hydrogen (secondary N) is 1. The molecule has 258 valence electrons. The van der Waals surface area contributed by atoms with Crippen LogP contribution in [0.1, 0.15) is 134 Å². The van der Waals surface area contributed by atoms with Crippen molar-refractivity contribution in [2.45, 2.75) is 142 Å². The Hall–Kier alpha value is -2.67. The predicted molar refractivity (Wildman–Crippen MR) is 187 cm³/mol. The molecule has 1 atom stereocenters. The van der Waals surface area contributed by atoms with Crippen molar-refractivity contribution >= 4 is 13.5 Å². The van der Waals surface area contributed by atoms with Crippen LogP contribution in [0.3, 0.4) is 0 Å². The van der Waals surface area contributed by atoms with Crippen LogP contribution < -0.4 is 14.8 Å². The second kappa shape index (κ2) is 24.5. The van der Waals surface area contributed by atoms with Gasteiger partial charge in [-0.2, -0.15) is 0 Å². The first-order valence-electron chi connectivity index (χ1n) is 17.6. The molecule has 3 N–H and O–H groups in total. The van der Waals surface area contributed by atoms with Gasteiger partial charge in [-0.3, -0.25) is 14.3 Å². The lowest BCUT2D eigenvalue weighted by molar-refractivity contribution is -0.121. The molecule has 0 saturated heterocycles. The van der Waals surface area contributed by atoms with E-state index in [-0.39, 0.29) is 5.91 Å². The molecule has 0 aliphatic carbocycles. The average Bonchev–Trinajstić information content (AvgIpc) is 3.03. The molecule has 1 heterocycles. The molecular weight excluding hydrogens is 599 g/mol. The van der Waals surface area contributed by atoms with Crippen molar-refractivity contribution in [3.63, 3.8) is 0 Å². The maximum absolute atomic E-state index is 12.7. The van der Waals surface area contributed by atoms with Crippen LogP contribution in [0.25, 0.3) is 0 Å². The van der Waals surface area contributed by atoms with E-state index >= 15 is 0 Å². The first-order valence-corrected chi connectivity index (χ1v) is 19.3. The van der Waals surface area contributed by atoms with E-state index in [1.54, 1.807) is 6.20 Å². The monoisotopic (exact) mass is 658 g/mol. The highest BCUT2D eigenvalue weighted by atomic mass is 31.2. The minimum atomic E-state index is -4.35. The van der Waals surface area contributed by atoms with Gasteiger partial charge in [0.25, 0.3) is 0 Å². The zero-order chi connectivity index (χ0) is 33.3. The molecule has 8 nitrogen and oxygen atoms in total. The van der Waals surface area contributed by atoms with Gasteiger partial charge in [0, 0.05) is 24.5 Å². The Kier molecular flexibility index (Phi) is 21.0. The van der Waals surface area contributed by atoms with Crippen molar-refractivity contribution in [1.82, 2.24) is 10.3 Å². The van der Waals surface area contributed by atoms with Gasteiger partial charge in [-0.05, 0) is 43.0 Å². The summed E-state index contributed by atoms with van der Waals surface area (Å²) < 4.78 is 23.2. The van der Waals surface area contributed by atoms with Crippen molar-refractivity contribution < 1.29 is 28.6 Å². The smallest absolute Gasteiger partial charge is 0.348 e. The van der Waals surface area contributed by atoms with Crippen molar-refractivity contribution in [2.75, 3.05) is 6.61 Å². The quantitative estimate of drug-likeness (QED) is 0.0646. The maximum Gasteiger partial charge on any atom is 0.348 e. The second-order valence-corrected chi connectivity index (χ2v) is 13.7. The van der Waals surface area contributed by atoms with Crippen molar-refractivity contribution in [3.05, 3.63) is 65.7 Å².